The zero-order chi connectivity index (χ0) is 22.8. The highest BCUT2D eigenvalue weighted by atomic mass is 32.2. The minimum absolute atomic E-state index is 0.0634. The molecule has 0 radical (unpaired) electrons. The standard InChI is InChI=1S/C26H31N3O2S/c1-27-26(29-19-21-13-15-22(16-14-21)20-32(2,30)31)28-18-17-25(23-9-5-3-6-10-23)24-11-7-4-8-12-24/h3-16,25H,17-20H2,1-2H3,(H2,27,28,29). The smallest absolute Gasteiger partial charge is 0.191 e. The molecule has 0 saturated heterocycles. The van der Waals surface area contributed by atoms with E-state index < -0.39 is 9.84 Å². The second-order valence-electron chi connectivity index (χ2n) is 7.90. The van der Waals surface area contributed by atoms with Crippen LogP contribution in [0.2, 0.25) is 0 Å². The van der Waals surface area contributed by atoms with Gasteiger partial charge in [-0.25, -0.2) is 8.42 Å². The fraction of sp³-hybridized carbons (Fsp3) is 0.269. The van der Waals surface area contributed by atoms with Crippen molar-refractivity contribution in [3.8, 4) is 0 Å². The van der Waals surface area contributed by atoms with E-state index in [2.05, 4.69) is 64.2 Å². The number of guanidine groups is 1. The molecule has 0 bridgehead atoms. The van der Waals surface area contributed by atoms with E-state index in [1.165, 1.54) is 17.4 Å². The number of sulfone groups is 1. The van der Waals surface area contributed by atoms with Gasteiger partial charge < -0.3 is 10.6 Å². The molecule has 0 aromatic heterocycles. The molecule has 32 heavy (non-hydrogen) atoms. The quantitative estimate of drug-likeness (QED) is 0.381. The van der Waals surface area contributed by atoms with Gasteiger partial charge in [0.1, 0.15) is 0 Å². The van der Waals surface area contributed by atoms with Gasteiger partial charge in [-0.15, -0.1) is 0 Å². The van der Waals surface area contributed by atoms with Crippen molar-refractivity contribution in [2.24, 2.45) is 4.99 Å². The summed E-state index contributed by atoms with van der Waals surface area (Å²) in [6.45, 7) is 1.39. The summed E-state index contributed by atoms with van der Waals surface area (Å²) in [5, 5.41) is 6.74. The largest absolute Gasteiger partial charge is 0.356 e. The predicted octanol–water partition coefficient (Wildman–Crippen LogP) is 4.12. The zero-order valence-corrected chi connectivity index (χ0v) is 19.5. The van der Waals surface area contributed by atoms with Crippen LogP contribution in [0, 0.1) is 0 Å². The first-order chi connectivity index (χ1) is 15.4. The molecule has 0 aliphatic carbocycles. The maximum atomic E-state index is 11.4. The maximum Gasteiger partial charge on any atom is 0.191 e. The fourth-order valence-electron chi connectivity index (χ4n) is 3.69. The number of hydrogen-bond acceptors (Lipinski definition) is 3. The van der Waals surface area contributed by atoms with Crippen molar-refractivity contribution in [2.75, 3.05) is 19.8 Å². The van der Waals surface area contributed by atoms with Gasteiger partial charge in [0.05, 0.1) is 5.75 Å². The molecule has 0 atom stereocenters. The lowest BCUT2D eigenvalue weighted by Crippen LogP contribution is -2.37. The Morgan fingerprint density at radius 3 is 1.84 bits per heavy atom. The predicted molar refractivity (Wildman–Crippen MR) is 133 cm³/mol. The Bertz CT molecular complexity index is 1060. The molecule has 0 unspecified atom stereocenters. The van der Waals surface area contributed by atoms with Crippen LogP contribution in [0.15, 0.2) is 89.9 Å². The second kappa shape index (κ2) is 11.5. The van der Waals surface area contributed by atoms with Crippen molar-refractivity contribution in [1.82, 2.24) is 10.6 Å². The average Bonchev–Trinajstić information content (AvgIpc) is 2.80. The van der Waals surface area contributed by atoms with Crippen molar-refractivity contribution >= 4 is 15.8 Å². The van der Waals surface area contributed by atoms with E-state index in [0.717, 1.165) is 30.1 Å². The Morgan fingerprint density at radius 2 is 1.34 bits per heavy atom. The Labute approximate surface area is 191 Å². The molecule has 0 spiro atoms. The Balaban J connectivity index is 1.54. The van der Waals surface area contributed by atoms with E-state index in [1.54, 1.807) is 7.05 Å². The summed E-state index contributed by atoms with van der Waals surface area (Å²) >= 11 is 0. The van der Waals surface area contributed by atoms with E-state index in [4.69, 9.17) is 0 Å². The summed E-state index contributed by atoms with van der Waals surface area (Å²) < 4.78 is 22.9. The van der Waals surface area contributed by atoms with E-state index in [-0.39, 0.29) is 5.75 Å². The van der Waals surface area contributed by atoms with E-state index in [0.29, 0.717) is 12.5 Å². The lowest BCUT2D eigenvalue weighted by Gasteiger charge is -2.19. The molecular formula is C26H31N3O2S. The zero-order valence-electron chi connectivity index (χ0n) is 18.7. The fourth-order valence-corrected chi connectivity index (χ4v) is 4.49. The van der Waals surface area contributed by atoms with E-state index in [9.17, 15) is 8.42 Å². The lowest BCUT2D eigenvalue weighted by molar-refractivity contribution is 0.601. The molecule has 0 heterocycles. The van der Waals surface area contributed by atoms with Crippen LogP contribution in [-0.4, -0.2) is 34.2 Å². The van der Waals surface area contributed by atoms with Crippen LogP contribution in [0.1, 0.15) is 34.6 Å². The first kappa shape index (κ1) is 23.5. The SMILES string of the molecule is CN=C(NCCC(c1ccccc1)c1ccccc1)NCc1ccc(CS(C)(=O)=O)cc1. The van der Waals surface area contributed by atoms with Gasteiger partial charge in [-0.3, -0.25) is 4.99 Å². The number of hydrogen-bond donors (Lipinski definition) is 2. The first-order valence-corrected chi connectivity index (χ1v) is 12.8. The molecule has 3 aromatic carbocycles. The summed E-state index contributed by atoms with van der Waals surface area (Å²) in [5.41, 5.74) is 4.47. The molecule has 2 N–H and O–H groups in total. The van der Waals surface area contributed by atoms with Crippen LogP contribution in [0.25, 0.3) is 0 Å². The summed E-state index contributed by atoms with van der Waals surface area (Å²) in [5.74, 6) is 1.11. The molecule has 3 aromatic rings. The molecule has 0 aliphatic rings. The van der Waals surface area contributed by atoms with Gasteiger partial charge in [-0.05, 0) is 28.7 Å². The van der Waals surface area contributed by atoms with Crippen LogP contribution in [0.4, 0.5) is 0 Å². The Hall–Kier alpha value is -3.12. The third kappa shape index (κ3) is 7.54. The lowest BCUT2D eigenvalue weighted by atomic mass is 9.88. The van der Waals surface area contributed by atoms with E-state index in [1.807, 2.05) is 36.4 Å². The Morgan fingerprint density at radius 1 is 0.812 bits per heavy atom. The van der Waals surface area contributed by atoms with Gasteiger partial charge in [-0.2, -0.15) is 0 Å². The number of nitrogens with zero attached hydrogens (tertiary/aromatic N) is 1. The van der Waals surface area contributed by atoms with Crippen LogP contribution >= 0.6 is 0 Å². The minimum Gasteiger partial charge on any atom is -0.356 e. The summed E-state index contributed by atoms with van der Waals surface area (Å²) in [4.78, 5) is 4.33. The van der Waals surface area contributed by atoms with Gasteiger partial charge in [0, 0.05) is 32.3 Å². The number of benzene rings is 3. The molecule has 0 aliphatic heterocycles. The monoisotopic (exact) mass is 449 g/mol. The van der Waals surface area contributed by atoms with Crippen LogP contribution in [-0.2, 0) is 22.1 Å². The van der Waals surface area contributed by atoms with E-state index >= 15 is 0 Å². The summed E-state index contributed by atoms with van der Waals surface area (Å²) in [6.07, 6.45) is 2.19. The normalized spacial score (nSPS) is 12.0. The topological polar surface area (TPSA) is 70.6 Å². The summed E-state index contributed by atoms with van der Waals surface area (Å²) in [6, 6.07) is 28.8. The number of rotatable bonds is 9. The third-order valence-corrected chi connectivity index (χ3v) is 6.12. The Kier molecular flexibility index (Phi) is 8.45. The van der Waals surface area contributed by atoms with Crippen molar-refractivity contribution in [2.45, 2.75) is 24.6 Å². The van der Waals surface area contributed by atoms with Crippen molar-refractivity contribution < 1.29 is 8.42 Å². The van der Waals surface area contributed by atoms with Crippen LogP contribution in [0.3, 0.4) is 0 Å². The second-order valence-corrected chi connectivity index (χ2v) is 10.0. The highest BCUT2D eigenvalue weighted by Crippen LogP contribution is 2.27. The van der Waals surface area contributed by atoms with Crippen LogP contribution in [0.5, 0.6) is 0 Å². The van der Waals surface area contributed by atoms with Gasteiger partial charge in [0.25, 0.3) is 0 Å². The molecule has 0 fully saturated rings. The van der Waals surface area contributed by atoms with Gasteiger partial charge in [0.2, 0.25) is 0 Å². The minimum atomic E-state index is -3.02. The average molecular weight is 450 g/mol. The van der Waals surface area contributed by atoms with Crippen molar-refractivity contribution in [1.29, 1.82) is 0 Å². The highest BCUT2D eigenvalue weighted by Gasteiger charge is 2.13. The molecular weight excluding hydrogens is 418 g/mol. The van der Waals surface area contributed by atoms with Crippen LogP contribution < -0.4 is 10.6 Å². The van der Waals surface area contributed by atoms with Gasteiger partial charge >= 0.3 is 0 Å². The van der Waals surface area contributed by atoms with Gasteiger partial charge in [0.15, 0.2) is 15.8 Å². The molecule has 5 nitrogen and oxygen atoms in total. The highest BCUT2D eigenvalue weighted by molar-refractivity contribution is 7.89. The number of aliphatic imine (C=N–C) groups is 1. The number of nitrogens with one attached hydrogen (secondary N) is 2. The van der Waals surface area contributed by atoms with Crippen molar-refractivity contribution in [3.63, 3.8) is 0 Å². The first-order valence-electron chi connectivity index (χ1n) is 10.7. The summed E-state index contributed by atoms with van der Waals surface area (Å²) in [7, 11) is -1.26. The molecule has 0 amide bonds. The maximum absolute atomic E-state index is 11.4. The molecule has 0 saturated carbocycles. The molecule has 168 valence electrons. The molecule has 3 rings (SSSR count). The molecule has 6 heteroatoms. The van der Waals surface area contributed by atoms with Crippen molar-refractivity contribution in [3.05, 3.63) is 107 Å². The third-order valence-electron chi connectivity index (χ3n) is 5.26. The van der Waals surface area contributed by atoms with Gasteiger partial charge in [-0.1, -0.05) is 84.9 Å².